The standard InChI is InChI=1S/C23H25N5O3/c1-14-5-4-6-18(21(14)30-3)22(29)28-7-8-31-20(13-28)19-10-16(9-15(2)27-19)17-11-25-23(24)26-12-17/h4-6,9-12,20H,7-8,13H2,1-3H3,(H2,24,25,26)/t20-/m0/s1. The molecule has 0 radical (unpaired) electrons. The molecule has 1 atom stereocenters. The highest BCUT2D eigenvalue weighted by atomic mass is 16.5. The second-order valence-corrected chi connectivity index (χ2v) is 7.52. The predicted molar refractivity (Wildman–Crippen MR) is 117 cm³/mol. The zero-order valence-corrected chi connectivity index (χ0v) is 17.8. The first-order chi connectivity index (χ1) is 15.0. The molecule has 0 unspecified atom stereocenters. The van der Waals surface area contributed by atoms with Crippen molar-refractivity contribution < 1.29 is 14.3 Å². The smallest absolute Gasteiger partial charge is 0.257 e. The van der Waals surface area contributed by atoms with Crippen molar-refractivity contribution in [1.82, 2.24) is 19.9 Å². The van der Waals surface area contributed by atoms with Gasteiger partial charge in [0.2, 0.25) is 5.95 Å². The number of hydrogen-bond acceptors (Lipinski definition) is 7. The minimum atomic E-state index is -0.332. The number of anilines is 1. The van der Waals surface area contributed by atoms with Gasteiger partial charge < -0.3 is 20.1 Å². The number of carbonyl (C=O) groups excluding carboxylic acids is 1. The Labute approximate surface area is 181 Å². The Bertz CT molecular complexity index is 1100. The van der Waals surface area contributed by atoms with E-state index in [9.17, 15) is 4.79 Å². The second kappa shape index (κ2) is 8.69. The summed E-state index contributed by atoms with van der Waals surface area (Å²) >= 11 is 0. The summed E-state index contributed by atoms with van der Waals surface area (Å²) in [5.74, 6) is 0.759. The molecule has 1 aromatic carbocycles. The van der Waals surface area contributed by atoms with E-state index in [2.05, 4.69) is 15.0 Å². The van der Waals surface area contributed by atoms with Crippen LogP contribution in [0.2, 0.25) is 0 Å². The Morgan fingerprint density at radius 2 is 1.97 bits per heavy atom. The van der Waals surface area contributed by atoms with Gasteiger partial charge in [0.25, 0.3) is 5.91 Å². The number of benzene rings is 1. The van der Waals surface area contributed by atoms with Crippen LogP contribution in [0.3, 0.4) is 0 Å². The molecule has 2 aromatic heterocycles. The van der Waals surface area contributed by atoms with E-state index in [1.807, 2.05) is 38.1 Å². The van der Waals surface area contributed by atoms with Crippen LogP contribution in [0.15, 0.2) is 42.7 Å². The van der Waals surface area contributed by atoms with Gasteiger partial charge in [0, 0.05) is 30.2 Å². The molecule has 2 N–H and O–H groups in total. The number of nitrogen functional groups attached to an aromatic ring is 1. The highest BCUT2D eigenvalue weighted by molar-refractivity contribution is 5.97. The number of nitrogens with two attached hydrogens (primary N) is 1. The summed E-state index contributed by atoms with van der Waals surface area (Å²) < 4.78 is 11.5. The number of nitrogens with zero attached hydrogens (tertiary/aromatic N) is 4. The van der Waals surface area contributed by atoms with Gasteiger partial charge in [-0.05, 0) is 43.2 Å². The zero-order chi connectivity index (χ0) is 22.0. The molecule has 3 heterocycles. The van der Waals surface area contributed by atoms with Crippen molar-refractivity contribution in [2.75, 3.05) is 32.5 Å². The molecule has 1 amide bonds. The number of amides is 1. The number of morpholine rings is 1. The average molecular weight is 419 g/mol. The third kappa shape index (κ3) is 4.34. The fourth-order valence-corrected chi connectivity index (χ4v) is 3.79. The van der Waals surface area contributed by atoms with Crippen LogP contribution >= 0.6 is 0 Å². The maximum Gasteiger partial charge on any atom is 0.257 e. The Hall–Kier alpha value is -3.52. The molecule has 3 aromatic rings. The summed E-state index contributed by atoms with van der Waals surface area (Å²) in [6.45, 7) is 5.20. The number of ether oxygens (including phenoxy) is 2. The summed E-state index contributed by atoms with van der Waals surface area (Å²) in [5, 5.41) is 0. The molecule has 31 heavy (non-hydrogen) atoms. The molecule has 160 valence electrons. The molecule has 0 bridgehead atoms. The molecule has 8 heteroatoms. The fraction of sp³-hybridized carbons (Fsp3) is 0.304. The van der Waals surface area contributed by atoms with Crippen molar-refractivity contribution in [2.24, 2.45) is 0 Å². The third-order valence-electron chi connectivity index (χ3n) is 5.31. The van der Waals surface area contributed by atoms with Gasteiger partial charge in [-0.15, -0.1) is 0 Å². The Kier molecular flexibility index (Phi) is 5.81. The Morgan fingerprint density at radius 3 is 2.71 bits per heavy atom. The summed E-state index contributed by atoms with van der Waals surface area (Å²) in [4.78, 5) is 27.8. The molecule has 0 aliphatic carbocycles. The lowest BCUT2D eigenvalue weighted by atomic mass is 10.0. The van der Waals surface area contributed by atoms with Gasteiger partial charge in [-0.25, -0.2) is 9.97 Å². The van der Waals surface area contributed by atoms with Crippen molar-refractivity contribution in [1.29, 1.82) is 0 Å². The Balaban J connectivity index is 1.60. The van der Waals surface area contributed by atoms with Crippen LogP contribution in [-0.2, 0) is 4.74 Å². The van der Waals surface area contributed by atoms with Crippen molar-refractivity contribution in [3.8, 4) is 16.9 Å². The molecule has 4 rings (SSSR count). The van der Waals surface area contributed by atoms with Gasteiger partial charge in [0.05, 0.1) is 31.5 Å². The Morgan fingerprint density at radius 1 is 1.19 bits per heavy atom. The molecular weight excluding hydrogens is 394 g/mol. The second-order valence-electron chi connectivity index (χ2n) is 7.52. The number of methoxy groups -OCH3 is 1. The third-order valence-corrected chi connectivity index (χ3v) is 5.31. The van der Waals surface area contributed by atoms with E-state index in [0.29, 0.717) is 31.0 Å². The number of hydrogen-bond donors (Lipinski definition) is 1. The monoisotopic (exact) mass is 419 g/mol. The van der Waals surface area contributed by atoms with Crippen LogP contribution in [0.25, 0.3) is 11.1 Å². The van der Waals surface area contributed by atoms with Crippen LogP contribution in [0, 0.1) is 13.8 Å². The first-order valence-corrected chi connectivity index (χ1v) is 10.1. The van der Waals surface area contributed by atoms with E-state index in [1.165, 1.54) is 0 Å². The van der Waals surface area contributed by atoms with E-state index in [1.54, 1.807) is 30.5 Å². The normalized spacial score (nSPS) is 16.2. The number of pyridine rings is 1. The SMILES string of the molecule is COc1c(C)cccc1C(=O)N1CCO[C@H](c2cc(-c3cnc(N)nc3)cc(C)n2)C1. The van der Waals surface area contributed by atoms with Crippen LogP contribution in [0.1, 0.15) is 33.4 Å². The topological polar surface area (TPSA) is 103 Å². The van der Waals surface area contributed by atoms with Gasteiger partial charge in [-0.1, -0.05) is 12.1 Å². The predicted octanol–water partition coefficient (Wildman–Crippen LogP) is 2.96. The van der Waals surface area contributed by atoms with Gasteiger partial charge in [-0.3, -0.25) is 9.78 Å². The highest BCUT2D eigenvalue weighted by Crippen LogP contribution is 2.29. The quantitative estimate of drug-likeness (QED) is 0.693. The van der Waals surface area contributed by atoms with Crippen molar-refractivity contribution in [3.63, 3.8) is 0 Å². The number of rotatable bonds is 4. The van der Waals surface area contributed by atoms with Crippen LogP contribution in [-0.4, -0.2) is 52.6 Å². The van der Waals surface area contributed by atoms with E-state index in [4.69, 9.17) is 15.2 Å². The molecule has 1 aliphatic rings. The lowest BCUT2D eigenvalue weighted by Gasteiger charge is -2.33. The molecular formula is C23H25N5O3. The van der Waals surface area contributed by atoms with Crippen LogP contribution in [0.4, 0.5) is 5.95 Å². The van der Waals surface area contributed by atoms with Crippen LogP contribution in [0.5, 0.6) is 5.75 Å². The van der Waals surface area contributed by atoms with Gasteiger partial charge in [0.1, 0.15) is 11.9 Å². The minimum absolute atomic E-state index is 0.0753. The highest BCUT2D eigenvalue weighted by Gasteiger charge is 2.29. The maximum atomic E-state index is 13.2. The molecule has 1 saturated heterocycles. The van der Waals surface area contributed by atoms with E-state index >= 15 is 0 Å². The number of carbonyl (C=O) groups is 1. The average Bonchev–Trinajstić information content (AvgIpc) is 2.78. The zero-order valence-electron chi connectivity index (χ0n) is 17.8. The van der Waals surface area contributed by atoms with Gasteiger partial charge >= 0.3 is 0 Å². The molecule has 1 aliphatic heterocycles. The number of aryl methyl sites for hydroxylation is 2. The fourth-order valence-electron chi connectivity index (χ4n) is 3.79. The van der Waals surface area contributed by atoms with Gasteiger partial charge in [-0.2, -0.15) is 0 Å². The summed E-state index contributed by atoms with van der Waals surface area (Å²) in [6.07, 6.45) is 3.03. The maximum absolute atomic E-state index is 13.2. The lowest BCUT2D eigenvalue weighted by molar-refractivity contribution is -0.0248. The number of para-hydroxylation sites is 1. The number of aromatic nitrogens is 3. The molecule has 1 fully saturated rings. The van der Waals surface area contributed by atoms with Gasteiger partial charge in [0.15, 0.2) is 0 Å². The summed E-state index contributed by atoms with van der Waals surface area (Å²) in [5.41, 5.74) is 10.5. The first-order valence-electron chi connectivity index (χ1n) is 10.1. The van der Waals surface area contributed by atoms with Crippen molar-refractivity contribution in [3.05, 3.63) is 65.2 Å². The van der Waals surface area contributed by atoms with E-state index in [0.717, 1.165) is 28.1 Å². The summed E-state index contributed by atoms with van der Waals surface area (Å²) in [7, 11) is 1.58. The molecule has 0 saturated carbocycles. The largest absolute Gasteiger partial charge is 0.496 e. The molecule has 0 spiro atoms. The van der Waals surface area contributed by atoms with Crippen molar-refractivity contribution >= 4 is 11.9 Å². The van der Waals surface area contributed by atoms with E-state index < -0.39 is 0 Å². The molecule has 8 nitrogen and oxygen atoms in total. The lowest BCUT2D eigenvalue weighted by Crippen LogP contribution is -2.42. The van der Waals surface area contributed by atoms with Crippen LogP contribution < -0.4 is 10.5 Å². The first kappa shape index (κ1) is 20.7. The summed E-state index contributed by atoms with van der Waals surface area (Å²) in [6, 6.07) is 9.50. The van der Waals surface area contributed by atoms with Crippen molar-refractivity contribution in [2.45, 2.75) is 20.0 Å². The minimum Gasteiger partial charge on any atom is -0.496 e. The van der Waals surface area contributed by atoms with E-state index in [-0.39, 0.29) is 18.0 Å².